The molecule has 1 saturated heterocycles. The lowest BCUT2D eigenvalue weighted by Crippen LogP contribution is -2.35. The molecule has 0 unspecified atom stereocenters. The number of benzene rings is 1. The Hall–Kier alpha value is -1.55. The molecule has 2 N–H and O–H groups in total. The first kappa shape index (κ1) is 13.9. The first-order chi connectivity index (χ1) is 9.26. The Balaban J connectivity index is 2.10. The molecule has 1 aliphatic heterocycles. The largest absolute Gasteiger partial charge is 0.372 e. The van der Waals surface area contributed by atoms with Gasteiger partial charge in [0.25, 0.3) is 0 Å². The minimum Gasteiger partial charge on any atom is -0.372 e. The molecule has 1 aliphatic rings. The van der Waals surface area contributed by atoms with Gasteiger partial charge < -0.3 is 15.5 Å². The van der Waals surface area contributed by atoms with Gasteiger partial charge in [-0.2, -0.15) is 0 Å². The maximum absolute atomic E-state index is 11.7. The molecule has 0 aliphatic carbocycles. The zero-order chi connectivity index (χ0) is 13.7. The summed E-state index contributed by atoms with van der Waals surface area (Å²) in [5.41, 5.74) is 7.61. The van der Waals surface area contributed by atoms with Crippen molar-refractivity contribution in [3.05, 3.63) is 24.3 Å². The summed E-state index contributed by atoms with van der Waals surface area (Å²) in [6, 6.07) is 8.24. The van der Waals surface area contributed by atoms with Gasteiger partial charge in [0.05, 0.1) is 6.54 Å². The highest BCUT2D eigenvalue weighted by Crippen LogP contribution is 2.23. The van der Waals surface area contributed by atoms with Gasteiger partial charge in [0.2, 0.25) is 5.91 Å². The summed E-state index contributed by atoms with van der Waals surface area (Å²) < 4.78 is 0. The number of piperidine rings is 1. The molecule has 1 fully saturated rings. The lowest BCUT2D eigenvalue weighted by atomic mass is 10.1. The van der Waals surface area contributed by atoms with Crippen LogP contribution in [0.4, 0.5) is 11.4 Å². The second kappa shape index (κ2) is 6.57. The molecule has 0 spiro atoms. The summed E-state index contributed by atoms with van der Waals surface area (Å²) in [7, 11) is 0. The molecule has 1 aromatic rings. The van der Waals surface area contributed by atoms with Crippen molar-refractivity contribution in [1.29, 1.82) is 0 Å². The molecule has 2 rings (SSSR count). The van der Waals surface area contributed by atoms with E-state index < -0.39 is 0 Å². The highest BCUT2D eigenvalue weighted by molar-refractivity contribution is 5.94. The van der Waals surface area contributed by atoms with E-state index in [0.717, 1.165) is 18.8 Å². The fraction of sp³-hybridized carbons (Fsp3) is 0.533. The highest BCUT2D eigenvalue weighted by atomic mass is 16.2. The number of rotatable bonds is 4. The third-order valence-electron chi connectivity index (χ3n) is 3.67. The zero-order valence-corrected chi connectivity index (χ0v) is 11.6. The first-order valence-electron chi connectivity index (χ1n) is 7.11. The minimum atomic E-state index is -0.0341. The molecule has 4 heteroatoms. The third kappa shape index (κ3) is 3.26. The lowest BCUT2D eigenvalue weighted by Gasteiger charge is -2.29. The molecule has 0 radical (unpaired) electrons. The van der Waals surface area contributed by atoms with E-state index in [4.69, 9.17) is 5.73 Å². The van der Waals surface area contributed by atoms with E-state index in [9.17, 15) is 4.79 Å². The van der Waals surface area contributed by atoms with E-state index in [2.05, 4.69) is 17.0 Å². The van der Waals surface area contributed by atoms with E-state index in [0.29, 0.717) is 6.54 Å². The summed E-state index contributed by atoms with van der Waals surface area (Å²) >= 11 is 0. The average Bonchev–Trinajstić information content (AvgIpc) is 2.49. The van der Waals surface area contributed by atoms with Crippen LogP contribution in [-0.4, -0.2) is 32.1 Å². The van der Waals surface area contributed by atoms with Crippen LogP contribution in [0.2, 0.25) is 0 Å². The van der Waals surface area contributed by atoms with Crippen LogP contribution in [0.15, 0.2) is 24.3 Å². The van der Waals surface area contributed by atoms with E-state index in [1.165, 1.54) is 24.9 Å². The second-order valence-electron chi connectivity index (χ2n) is 4.91. The van der Waals surface area contributed by atoms with Gasteiger partial charge >= 0.3 is 0 Å². The molecule has 0 aromatic heterocycles. The molecule has 104 valence electrons. The molecule has 1 aromatic carbocycles. The number of carbonyl (C=O) groups is 1. The molecule has 0 saturated carbocycles. The van der Waals surface area contributed by atoms with Crippen LogP contribution in [0, 0.1) is 0 Å². The fourth-order valence-corrected chi connectivity index (χ4v) is 2.61. The minimum absolute atomic E-state index is 0.0341. The SMILES string of the molecule is CCN(C(=O)CN)c1ccc(N2CCCCC2)cc1. The molecule has 0 atom stereocenters. The van der Waals surface area contributed by atoms with Crippen molar-refractivity contribution in [2.24, 2.45) is 5.73 Å². The van der Waals surface area contributed by atoms with Crippen LogP contribution in [0.3, 0.4) is 0 Å². The monoisotopic (exact) mass is 261 g/mol. The lowest BCUT2D eigenvalue weighted by molar-refractivity contribution is -0.117. The number of hydrogen-bond acceptors (Lipinski definition) is 3. The average molecular weight is 261 g/mol. The molecular weight excluding hydrogens is 238 g/mol. The molecule has 19 heavy (non-hydrogen) atoms. The van der Waals surface area contributed by atoms with Crippen LogP contribution < -0.4 is 15.5 Å². The number of nitrogens with zero attached hydrogens (tertiary/aromatic N) is 2. The van der Waals surface area contributed by atoms with Crippen molar-refractivity contribution in [1.82, 2.24) is 0 Å². The van der Waals surface area contributed by atoms with E-state index in [-0.39, 0.29) is 12.5 Å². The summed E-state index contributed by atoms with van der Waals surface area (Å²) in [6.45, 7) is 4.95. The Morgan fingerprint density at radius 1 is 1.21 bits per heavy atom. The van der Waals surface area contributed by atoms with Crippen LogP contribution in [0.25, 0.3) is 0 Å². The molecule has 0 bridgehead atoms. The van der Waals surface area contributed by atoms with Crippen molar-refractivity contribution in [2.45, 2.75) is 26.2 Å². The summed E-state index contributed by atoms with van der Waals surface area (Å²) in [5.74, 6) is -0.0341. The number of likely N-dealkylation sites (N-methyl/N-ethyl adjacent to an activating group) is 1. The Kier molecular flexibility index (Phi) is 4.80. The topological polar surface area (TPSA) is 49.6 Å². The van der Waals surface area contributed by atoms with Gasteiger partial charge in [-0.1, -0.05) is 0 Å². The van der Waals surface area contributed by atoms with Crippen LogP contribution >= 0.6 is 0 Å². The number of carbonyl (C=O) groups excluding carboxylic acids is 1. The molecule has 1 amide bonds. The van der Waals surface area contributed by atoms with E-state index in [1.807, 2.05) is 19.1 Å². The predicted molar refractivity (Wildman–Crippen MR) is 79.6 cm³/mol. The Labute approximate surface area is 115 Å². The maximum Gasteiger partial charge on any atom is 0.240 e. The summed E-state index contributed by atoms with van der Waals surface area (Å²) in [4.78, 5) is 15.9. The zero-order valence-electron chi connectivity index (χ0n) is 11.6. The number of hydrogen-bond donors (Lipinski definition) is 1. The standard InChI is InChI=1S/C15H23N3O/c1-2-18(15(19)12-16)14-8-6-13(7-9-14)17-10-4-3-5-11-17/h6-9H,2-5,10-12,16H2,1H3. The Bertz CT molecular complexity index is 410. The number of nitrogens with two attached hydrogens (primary N) is 1. The van der Waals surface area contributed by atoms with Crippen molar-refractivity contribution in [3.63, 3.8) is 0 Å². The molecule has 4 nitrogen and oxygen atoms in total. The molecule has 1 heterocycles. The summed E-state index contributed by atoms with van der Waals surface area (Å²) in [6.07, 6.45) is 3.88. The van der Waals surface area contributed by atoms with Crippen molar-refractivity contribution >= 4 is 17.3 Å². The number of anilines is 2. The van der Waals surface area contributed by atoms with Gasteiger partial charge in [-0.15, -0.1) is 0 Å². The normalized spacial score (nSPS) is 15.4. The Morgan fingerprint density at radius 2 is 1.84 bits per heavy atom. The van der Waals surface area contributed by atoms with Crippen molar-refractivity contribution in [2.75, 3.05) is 36.0 Å². The second-order valence-corrected chi connectivity index (χ2v) is 4.91. The Morgan fingerprint density at radius 3 is 2.37 bits per heavy atom. The van der Waals surface area contributed by atoms with Crippen LogP contribution in [0.5, 0.6) is 0 Å². The van der Waals surface area contributed by atoms with Gasteiger partial charge in [-0.05, 0) is 50.5 Å². The maximum atomic E-state index is 11.7. The highest BCUT2D eigenvalue weighted by Gasteiger charge is 2.14. The third-order valence-corrected chi connectivity index (χ3v) is 3.67. The van der Waals surface area contributed by atoms with Gasteiger partial charge in [0, 0.05) is 31.0 Å². The smallest absolute Gasteiger partial charge is 0.240 e. The van der Waals surface area contributed by atoms with E-state index >= 15 is 0 Å². The van der Waals surface area contributed by atoms with Crippen molar-refractivity contribution < 1.29 is 4.79 Å². The van der Waals surface area contributed by atoms with Gasteiger partial charge in [-0.3, -0.25) is 4.79 Å². The summed E-state index contributed by atoms with van der Waals surface area (Å²) in [5, 5.41) is 0. The molecular formula is C15H23N3O. The van der Waals surface area contributed by atoms with Gasteiger partial charge in [-0.25, -0.2) is 0 Å². The number of amides is 1. The van der Waals surface area contributed by atoms with Crippen LogP contribution in [-0.2, 0) is 4.79 Å². The first-order valence-corrected chi connectivity index (χ1v) is 7.11. The fourth-order valence-electron chi connectivity index (χ4n) is 2.61. The predicted octanol–water partition coefficient (Wildman–Crippen LogP) is 1.99. The van der Waals surface area contributed by atoms with Gasteiger partial charge in [0.15, 0.2) is 0 Å². The van der Waals surface area contributed by atoms with Gasteiger partial charge in [0.1, 0.15) is 0 Å². The quantitative estimate of drug-likeness (QED) is 0.901. The van der Waals surface area contributed by atoms with Crippen LogP contribution in [0.1, 0.15) is 26.2 Å². The van der Waals surface area contributed by atoms with Crippen molar-refractivity contribution in [3.8, 4) is 0 Å². The van der Waals surface area contributed by atoms with E-state index in [1.54, 1.807) is 4.90 Å².